The van der Waals surface area contributed by atoms with Crippen LogP contribution in [-0.4, -0.2) is 11.1 Å². The first-order valence-electron chi connectivity index (χ1n) is 8.07. The highest BCUT2D eigenvalue weighted by Gasteiger charge is 2.25. The third-order valence-electron chi connectivity index (χ3n) is 4.88. The van der Waals surface area contributed by atoms with Crippen LogP contribution in [0.1, 0.15) is 22.2 Å². The maximum atomic E-state index is 5.79. The van der Waals surface area contributed by atoms with Crippen LogP contribution in [0.3, 0.4) is 0 Å². The summed E-state index contributed by atoms with van der Waals surface area (Å²) >= 11 is 1.99. The van der Waals surface area contributed by atoms with Crippen LogP contribution in [0.25, 0.3) is 22.2 Å². The van der Waals surface area contributed by atoms with Gasteiger partial charge in [0.1, 0.15) is 0 Å². The van der Waals surface area contributed by atoms with E-state index in [-0.39, 0.29) is 0 Å². The van der Waals surface area contributed by atoms with Crippen molar-refractivity contribution in [1.82, 2.24) is 4.57 Å². The van der Waals surface area contributed by atoms with Crippen LogP contribution in [0.5, 0.6) is 0 Å². The van der Waals surface area contributed by atoms with E-state index in [2.05, 4.69) is 48.9 Å². The molecule has 114 valence electrons. The summed E-state index contributed by atoms with van der Waals surface area (Å²) in [5, 5.41) is 1.42. The Balaban J connectivity index is 1.87. The maximum Gasteiger partial charge on any atom is 0.0532 e. The molecule has 1 aromatic carbocycles. The molecule has 2 N–H and O–H groups in total. The van der Waals surface area contributed by atoms with E-state index in [0.29, 0.717) is 5.92 Å². The Morgan fingerprint density at radius 1 is 1.27 bits per heavy atom. The van der Waals surface area contributed by atoms with E-state index >= 15 is 0 Å². The molecule has 22 heavy (non-hydrogen) atoms. The first-order valence-corrected chi connectivity index (χ1v) is 8.89. The van der Waals surface area contributed by atoms with Crippen molar-refractivity contribution < 1.29 is 0 Å². The monoisotopic (exact) mass is 310 g/mol. The average Bonchev–Trinajstić information content (AvgIpc) is 3.06. The van der Waals surface area contributed by atoms with Crippen LogP contribution in [0.15, 0.2) is 30.3 Å². The highest BCUT2D eigenvalue weighted by Crippen LogP contribution is 2.43. The summed E-state index contributed by atoms with van der Waals surface area (Å²) in [4.78, 5) is 3.04. The van der Waals surface area contributed by atoms with Crippen molar-refractivity contribution in [3.8, 4) is 11.3 Å². The van der Waals surface area contributed by atoms with E-state index in [1.54, 1.807) is 4.88 Å². The summed E-state index contributed by atoms with van der Waals surface area (Å²) in [5.74, 6) is 0.562. The number of hydrogen-bond donors (Lipinski definition) is 1. The minimum atomic E-state index is 0.562. The van der Waals surface area contributed by atoms with E-state index in [1.165, 1.54) is 39.0 Å². The lowest BCUT2D eigenvalue weighted by molar-refractivity contribution is 0.598. The molecule has 0 amide bonds. The predicted octanol–water partition coefficient (Wildman–Crippen LogP) is 4.14. The lowest BCUT2D eigenvalue weighted by atomic mass is 9.94. The quantitative estimate of drug-likeness (QED) is 0.774. The van der Waals surface area contributed by atoms with Gasteiger partial charge in [-0.3, -0.25) is 0 Å². The second-order valence-corrected chi connectivity index (χ2v) is 7.72. The molecule has 3 aromatic rings. The lowest BCUT2D eigenvalue weighted by Crippen LogP contribution is -2.12. The average molecular weight is 310 g/mol. The summed E-state index contributed by atoms with van der Waals surface area (Å²) in [6.45, 7) is 3.00. The molecule has 1 atom stereocenters. The Kier molecular flexibility index (Phi) is 3.35. The molecule has 2 nitrogen and oxygen atoms in total. The number of benzene rings is 1. The first-order chi connectivity index (χ1) is 10.7. The number of nitrogens with two attached hydrogens (primary N) is 1. The van der Waals surface area contributed by atoms with Gasteiger partial charge in [-0.2, -0.15) is 0 Å². The molecule has 0 aliphatic heterocycles. The Hall–Kier alpha value is -1.58. The Labute approximate surface area is 135 Å². The highest BCUT2D eigenvalue weighted by atomic mass is 32.1. The molecular formula is C19H22N2S. The van der Waals surface area contributed by atoms with Gasteiger partial charge >= 0.3 is 0 Å². The summed E-state index contributed by atoms with van der Waals surface area (Å²) in [7, 11) is 2.20. The second kappa shape index (κ2) is 5.25. The first kappa shape index (κ1) is 14.0. The topological polar surface area (TPSA) is 30.9 Å². The molecule has 2 aromatic heterocycles. The fourth-order valence-electron chi connectivity index (χ4n) is 3.70. The smallest absolute Gasteiger partial charge is 0.0532 e. The van der Waals surface area contributed by atoms with Gasteiger partial charge in [-0.1, -0.05) is 25.1 Å². The van der Waals surface area contributed by atoms with Crippen LogP contribution >= 0.6 is 11.3 Å². The predicted molar refractivity (Wildman–Crippen MR) is 95.6 cm³/mol. The fraction of sp³-hybridized carbons (Fsp3) is 0.368. The zero-order chi connectivity index (χ0) is 15.3. The molecule has 0 saturated heterocycles. The van der Waals surface area contributed by atoms with E-state index in [1.807, 2.05) is 11.3 Å². The van der Waals surface area contributed by atoms with Crippen molar-refractivity contribution in [2.75, 3.05) is 6.54 Å². The zero-order valence-corrected chi connectivity index (χ0v) is 14.0. The molecule has 0 radical (unpaired) electrons. The standard InChI is InChI=1S/C19H22N2S/c1-12(11-20)9-13-10-16-18(22-13)8-7-15-14-5-3-4-6-17(14)21(2)19(15)16/h3-6,10,12H,7-9,11,20H2,1-2H3. The Morgan fingerprint density at radius 2 is 2.09 bits per heavy atom. The largest absolute Gasteiger partial charge is 0.343 e. The van der Waals surface area contributed by atoms with Crippen molar-refractivity contribution in [3.63, 3.8) is 0 Å². The van der Waals surface area contributed by atoms with Gasteiger partial charge in [-0.15, -0.1) is 11.3 Å². The van der Waals surface area contributed by atoms with Crippen molar-refractivity contribution >= 4 is 22.2 Å². The molecule has 0 bridgehead atoms. The van der Waals surface area contributed by atoms with Crippen LogP contribution in [0, 0.1) is 5.92 Å². The summed E-state index contributed by atoms with van der Waals surface area (Å²) in [6, 6.07) is 11.2. The number of para-hydroxylation sites is 1. The third-order valence-corrected chi connectivity index (χ3v) is 6.10. The van der Waals surface area contributed by atoms with E-state index in [0.717, 1.165) is 19.4 Å². The number of hydrogen-bond acceptors (Lipinski definition) is 2. The maximum absolute atomic E-state index is 5.79. The molecule has 0 spiro atoms. The van der Waals surface area contributed by atoms with Gasteiger partial charge in [0.05, 0.1) is 5.69 Å². The molecule has 1 unspecified atom stereocenters. The van der Waals surface area contributed by atoms with Crippen molar-refractivity contribution in [2.24, 2.45) is 18.7 Å². The van der Waals surface area contributed by atoms with Gasteiger partial charge in [-0.05, 0) is 49.4 Å². The number of aromatic nitrogens is 1. The molecule has 0 fully saturated rings. The van der Waals surface area contributed by atoms with Crippen molar-refractivity contribution in [3.05, 3.63) is 45.6 Å². The summed E-state index contributed by atoms with van der Waals surface area (Å²) < 4.78 is 2.38. The minimum Gasteiger partial charge on any atom is -0.343 e. The molecule has 3 heteroatoms. The molecule has 4 rings (SSSR count). The van der Waals surface area contributed by atoms with Gasteiger partial charge in [0.2, 0.25) is 0 Å². The van der Waals surface area contributed by atoms with Crippen LogP contribution in [0.2, 0.25) is 0 Å². The van der Waals surface area contributed by atoms with E-state index in [9.17, 15) is 0 Å². The van der Waals surface area contributed by atoms with Gasteiger partial charge in [0.15, 0.2) is 0 Å². The van der Waals surface area contributed by atoms with E-state index < -0.39 is 0 Å². The third kappa shape index (κ3) is 2.03. The van der Waals surface area contributed by atoms with Crippen LogP contribution < -0.4 is 5.73 Å². The van der Waals surface area contributed by atoms with Crippen LogP contribution in [-0.2, 0) is 26.3 Å². The zero-order valence-electron chi connectivity index (χ0n) is 13.2. The normalized spacial score (nSPS) is 14.9. The number of thiophene rings is 1. The molecule has 1 aliphatic rings. The Morgan fingerprint density at radius 3 is 2.91 bits per heavy atom. The highest BCUT2D eigenvalue weighted by molar-refractivity contribution is 7.12. The van der Waals surface area contributed by atoms with Gasteiger partial charge in [0.25, 0.3) is 0 Å². The van der Waals surface area contributed by atoms with Gasteiger partial charge in [0, 0.05) is 33.3 Å². The van der Waals surface area contributed by atoms with Gasteiger partial charge in [-0.25, -0.2) is 0 Å². The number of nitrogens with zero attached hydrogens (tertiary/aromatic N) is 1. The van der Waals surface area contributed by atoms with E-state index in [4.69, 9.17) is 5.73 Å². The molecule has 2 heterocycles. The number of rotatable bonds is 3. The molecular weight excluding hydrogens is 288 g/mol. The SMILES string of the molecule is CC(CN)Cc1cc2c(s1)CCc1c-2n(C)c2ccccc12. The second-order valence-electron chi connectivity index (χ2n) is 6.50. The van der Waals surface area contributed by atoms with Crippen molar-refractivity contribution in [1.29, 1.82) is 0 Å². The lowest BCUT2D eigenvalue weighted by Gasteiger charge is -2.14. The van der Waals surface area contributed by atoms with Gasteiger partial charge < -0.3 is 10.3 Å². The number of fused-ring (bicyclic) bond motifs is 5. The molecule has 0 saturated carbocycles. The fourth-order valence-corrected chi connectivity index (χ4v) is 5.04. The van der Waals surface area contributed by atoms with Crippen molar-refractivity contribution in [2.45, 2.75) is 26.2 Å². The Bertz CT molecular complexity index is 841. The van der Waals surface area contributed by atoms with Crippen LogP contribution in [0.4, 0.5) is 0 Å². The minimum absolute atomic E-state index is 0.562. The summed E-state index contributed by atoms with van der Waals surface area (Å²) in [6.07, 6.45) is 3.45. The number of aryl methyl sites for hydroxylation is 3. The molecule has 1 aliphatic carbocycles. The summed E-state index contributed by atoms with van der Waals surface area (Å²) in [5.41, 5.74) is 11.6.